The van der Waals surface area contributed by atoms with E-state index in [2.05, 4.69) is 30.9 Å². The van der Waals surface area contributed by atoms with E-state index in [1.165, 1.54) is 59.4 Å². The topological polar surface area (TPSA) is 303 Å². The highest BCUT2D eigenvalue weighted by molar-refractivity contribution is 6.05. The van der Waals surface area contributed by atoms with Gasteiger partial charge < -0.3 is 49.5 Å². The lowest BCUT2D eigenvalue weighted by Crippen LogP contribution is -2.38. The normalized spacial score (nSPS) is 13.6. The molecule has 0 spiro atoms. The van der Waals surface area contributed by atoms with E-state index < -0.39 is 29.9 Å². The van der Waals surface area contributed by atoms with Crippen LogP contribution in [0.15, 0.2) is 65.2 Å². The quantitative estimate of drug-likeness (QED) is 0.0543. The maximum Gasteiger partial charge on any atom is 0.296 e. The number of nitrogens with zero attached hydrogens (tertiary/aromatic N) is 9. The minimum absolute atomic E-state index is 0.000136. The van der Waals surface area contributed by atoms with Crippen molar-refractivity contribution in [2.45, 2.75) is 59.5 Å². The summed E-state index contributed by atoms with van der Waals surface area (Å²) in [5.41, 5.74) is 14.4. The number of aliphatic hydroxyl groups is 1. The van der Waals surface area contributed by atoms with E-state index in [-0.39, 0.29) is 96.8 Å². The molecule has 23 heteroatoms. The van der Waals surface area contributed by atoms with Gasteiger partial charge in [0.2, 0.25) is 41.3 Å². The van der Waals surface area contributed by atoms with Crippen molar-refractivity contribution in [3.63, 3.8) is 0 Å². The maximum absolute atomic E-state index is 13.7. The van der Waals surface area contributed by atoms with Crippen molar-refractivity contribution in [3.8, 4) is 11.5 Å². The fourth-order valence-electron chi connectivity index (χ4n) is 7.44. The fourth-order valence-corrected chi connectivity index (χ4v) is 7.44. The number of nitrogens with one attached hydrogen (secondary N) is 2. The molecule has 7 rings (SSSR count). The van der Waals surface area contributed by atoms with Crippen molar-refractivity contribution >= 4 is 69.4 Å². The van der Waals surface area contributed by atoms with Crippen molar-refractivity contribution in [1.29, 1.82) is 0 Å². The van der Waals surface area contributed by atoms with Crippen LogP contribution in [0.25, 0.3) is 22.1 Å². The average molecular weight is 920 g/mol. The summed E-state index contributed by atoms with van der Waals surface area (Å²) >= 11 is 0. The predicted octanol–water partition coefficient (Wildman–Crippen LogP) is 2.51. The van der Waals surface area contributed by atoms with E-state index >= 15 is 0 Å². The Kier molecular flexibility index (Phi) is 13.8. The lowest BCUT2D eigenvalue weighted by Gasteiger charge is -2.22. The van der Waals surface area contributed by atoms with Crippen LogP contribution in [0.4, 0.5) is 11.9 Å². The van der Waals surface area contributed by atoms with Crippen LogP contribution in [-0.4, -0.2) is 124 Å². The Morgan fingerprint density at radius 3 is 2.04 bits per heavy atom. The summed E-state index contributed by atoms with van der Waals surface area (Å²) in [4.78, 5) is 88.7. The number of aromatic nitrogens is 7. The van der Waals surface area contributed by atoms with E-state index in [0.717, 1.165) is 0 Å². The number of imidazole rings is 2. The van der Waals surface area contributed by atoms with Gasteiger partial charge >= 0.3 is 0 Å². The largest absolute Gasteiger partial charge is 0.494 e. The summed E-state index contributed by atoms with van der Waals surface area (Å²) in [6.45, 7) is 6.30. The fraction of sp³-hybridized carbons (Fsp3) is 0.318. The number of carbonyl (C=O) groups excluding carboxylic acids is 6. The number of rotatable bonds is 20. The first-order chi connectivity index (χ1) is 32.1. The number of aryl methyl sites for hydroxylation is 3. The van der Waals surface area contributed by atoms with Crippen LogP contribution in [0, 0.1) is 13.8 Å². The molecule has 2 aromatic carbocycles. The number of hydrogen-bond acceptors (Lipinski definition) is 14. The molecule has 0 fully saturated rings. The number of methoxy groups -OCH3 is 1. The third-order valence-electron chi connectivity index (χ3n) is 10.8. The van der Waals surface area contributed by atoms with Gasteiger partial charge in [0.25, 0.3) is 11.8 Å². The standard InChI is InChI=1S/C44H49N13O10/c1-6-57-30(18-24(2)51-57)41(63)49-43-47-28-20-26(39(45)61)22-31(65-5)37(28)55(43)14-7-8-15-56-38-29(48-44(56)50-42(64)33-19-25(3)52-67-33)21-27(40(46)62)23-32(38)66-17-9-13-53(4)34(58)12-16-54-35(59)10-11-36(54)60/h7-8,10-11,18-23,35,59H,6,9,12-17H2,1-5H3,(H2,45,61)(H2,46,62)(H,47,49,63)(H,48,50,64)/b8-7+. The molecular formula is C44H49N13O10. The zero-order valence-corrected chi connectivity index (χ0v) is 37.3. The summed E-state index contributed by atoms with van der Waals surface area (Å²) in [5, 5.41) is 23.8. The Hall–Kier alpha value is -8.34. The number of hydrogen-bond donors (Lipinski definition) is 5. The molecule has 6 aromatic rings. The zero-order valence-electron chi connectivity index (χ0n) is 37.3. The number of nitrogens with two attached hydrogens (primary N) is 2. The Balaban J connectivity index is 1.18. The first kappa shape index (κ1) is 46.6. The summed E-state index contributed by atoms with van der Waals surface area (Å²) in [5.74, 6) is -2.62. The molecule has 1 atom stereocenters. The minimum Gasteiger partial charge on any atom is -0.494 e. The van der Waals surface area contributed by atoms with Crippen LogP contribution < -0.4 is 31.6 Å². The Labute approximate surface area is 381 Å². The van der Waals surface area contributed by atoms with Gasteiger partial charge in [-0.3, -0.25) is 44.1 Å². The molecular weight excluding hydrogens is 871 g/mol. The first-order valence-corrected chi connectivity index (χ1v) is 21.1. The first-order valence-electron chi connectivity index (χ1n) is 21.1. The van der Waals surface area contributed by atoms with E-state index in [1.54, 1.807) is 52.9 Å². The number of benzene rings is 2. The van der Waals surface area contributed by atoms with Gasteiger partial charge in [-0.15, -0.1) is 0 Å². The van der Waals surface area contributed by atoms with Gasteiger partial charge in [-0.2, -0.15) is 5.10 Å². The molecule has 0 radical (unpaired) electrons. The summed E-state index contributed by atoms with van der Waals surface area (Å²) in [6, 6.07) is 9.03. The second-order valence-electron chi connectivity index (χ2n) is 15.5. The molecule has 0 saturated carbocycles. The lowest BCUT2D eigenvalue weighted by molar-refractivity contribution is -0.134. The van der Waals surface area contributed by atoms with E-state index in [1.807, 2.05) is 6.92 Å². The number of allylic oxidation sites excluding steroid dienone is 2. The Morgan fingerprint density at radius 2 is 1.49 bits per heavy atom. The summed E-state index contributed by atoms with van der Waals surface area (Å²) in [7, 11) is 3.04. The number of primary amides is 2. The molecule has 1 aliphatic rings. The van der Waals surface area contributed by atoms with Gasteiger partial charge in [0, 0.05) is 69.5 Å². The highest BCUT2D eigenvalue weighted by Crippen LogP contribution is 2.33. The third-order valence-corrected chi connectivity index (χ3v) is 10.8. The second kappa shape index (κ2) is 19.8. The Morgan fingerprint density at radius 1 is 0.881 bits per heavy atom. The molecule has 6 amide bonds. The third kappa shape index (κ3) is 10.2. The number of anilines is 2. The highest BCUT2D eigenvalue weighted by atomic mass is 16.5. The lowest BCUT2D eigenvalue weighted by atomic mass is 10.1. The van der Waals surface area contributed by atoms with Crippen LogP contribution in [0.3, 0.4) is 0 Å². The molecule has 0 saturated heterocycles. The van der Waals surface area contributed by atoms with E-state index in [4.69, 9.17) is 25.5 Å². The van der Waals surface area contributed by atoms with Crippen molar-refractivity contribution in [3.05, 3.63) is 94.7 Å². The molecule has 1 unspecified atom stereocenters. The molecule has 7 N–H and O–H groups in total. The zero-order chi connectivity index (χ0) is 48.1. The van der Waals surface area contributed by atoms with Gasteiger partial charge in [-0.1, -0.05) is 17.3 Å². The summed E-state index contributed by atoms with van der Waals surface area (Å²) < 4.78 is 22.0. The monoisotopic (exact) mass is 919 g/mol. The molecule has 5 heterocycles. The van der Waals surface area contributed by atoms with E-state index in [9.17, 15) is 33.9 Å². The molecule has 4 aromatic heterocycles. The molecule has 67 heavy (non-hydrogen) atoms. The van der Waals surface area contributed by atoms with Gasteiger partial charge in [-0.05, 0) is 63.6 Å². The van der Waals surface area contributed by atoms with Crippen LogP contribution in [-0.2, 0) is 29.2 Å². The predicted molar refractivity (Wildman–Crippen MR) is 241 cm³/mol. The van der Waals surface area contributed by atoms with Crippen LogP contribution in [0.2, 0.25) is 0 Å². The van der Waals surface area contributed by atoms with Crippen LogP contribution in [0.1, 0.15) is 72.9 Å². The van der Waals surface area contributed by atoms with E-state index in [0.29, 0.717) is 46.6 Å². The van der Waals surface area contributed by atoms with Gasteiger partial charge in [0.05, 0.1) is 36.1 Å². The SMILES string of the molecule is CCn1nc(C)cc1C(=O)Nc1nc2cc(C(N)=O)cc(OC)c2n1C/C=C/Cn1c(NC(=O)c2cc(C)no2)nc2cc(C(N)=O)cc(OCCCN(C)C(=O)CCN3C(=O)C=CC3O)c21. The number of aliphatic hydroxyl groups excluding tert-OH is 1. The summed E-state index contributed by atoms with van der Waals surface area (Å²) in [6.07, 6.45) is 5.43. The second-order valence-corrected chi connectivity index (χ2v) is 15.5. The minimum atomic E-state index is -1.07. The van der Waals surface area contributed by atoms with Crippen molar-refractivity contribution in [2.75, 3.05) is 44.5 Å². The number of carbonyl (C=O) groups is 6. The molecule has 1 aliphatic heterocycles. The molecule has 0 bridgehead atoms. The van der Waals surface area contributed by atoms with Gasteiger partial charge in [0.15, 0.2) is 0 Å². The smallest absolute Gasteiger partial charge is 0.296 e. The van der Waals surface area contributed by atoms with Crippen LogP contribution >= 0.6 is 0 Å². The van der Waals surface area contributed by atoms with Crippen LogP contribution in [0.5, 0.6) is 11.5 Å². The number of amides is 6. The highest BCUT2D eigenvalue weighted by Gasteiger charge is 2.26. The van der Waals surface area contributed by atoms with Crippen molar-refractivity contribution < 1.29 is 47.9 Å². The van der Waals surface area contributed by atoms with Crippen molar-refractivity contribution in [1.82, 2.24) is 43.8 Å². The van der Waals surface area contributed by atoms with Crippen molar-refractivity contribution in [2.24, 2.45) is 11.5 Å². The van der Waals surface area contributed by atoms with Gasteiger partial charge in [0.1, 0.15) is 34.5 Å². The number of ether oxygens (including phenoxy) is 2. The average Bonchev–Trinajstić information content (AvgIpc) is 4.13. The number of fused-ring (bicyclic) bond motifs is 2. The Bertz CT molecular complexity index is 2980. The molecule has 350 valence electrons. The maximum atomic E-state index is 13.7. The molecule has 23 nitrogen and oxygen atoms in total. The molecule has 0 aliphatic carbocycles. The van der Waals surface area contributed by atoms with Gasteiger partial charge in [-0.25, -0.2) is 9.97 Å².